The van der Waals surface area contributed by atoms with Crippen LogP contribution in [0, 0.1) is 5.82 Å². The van der Waals surface area contributed by atoms with Gasteiger partial charge in [0.05, 0.1) is 7.11 Å². The summed E-state index contributed by atoms with van der Waals surface area (Å²) in [5.74, 6) is 1.96. The third-order valence-electron chi connectivity index (χ3n) is 7.28. The Morgan fingerprint density at radius 2 is 1.51 bits per heavy atom. The molecule has 5 aromatic rings. The maximum Gasteiger partial charge on any atom is 0.225 e. The molecule has 1 fully saturated rings. The van der Waals surface area contributed by atoms with Gasteiger partial charge in [-0.3, -0.25) is 0 Å². The van der Waals surface area contributed by atoms with Gasteiger partial charge in [0.1, 0.15) is 29.0 Å². The van der Waals surface area contributed by atoms with Crippen LogP contribution in [-0.2, 0) is 5.60 Å². The molecule has 0 amide bonds. The molecule has 0 saturated carbocycles. The summed E-state index contributed by atoms with van der Waals surface area (Å²) in [6.07, 6.45) is 6.86. The monoisotopic (exact) mass is 525 g/mol. The van der Waals surface area contributed by atoms with E-state index < -0.39 is 5.60 Å². The molecule has 1 saturated heterocycles. The zero-order valence-electron chi connectivity index (χ0n) is 21.7. The topological polar surface area (TPSA) is 91.9 Å². The molecule has 0 spiro atoms. The van der Waals surface area contributed by atoms with Crippen LogP contribution in [0.25, 0.3) is 16.6 Å². The van der Waals surface area contributed by atoms with Gasteiger partial charge in [-0.05, 0) is 48.4 Å². The summed E-state index contributed by atoms with van der Waals surface area (Å²) in [5, 5.41) is 15.5. The smallest absolute Gasteiger partial charge is 0.225 e. The average molecular weight is 526 g/mol. The van der Waals surface area contributed by atoms with Crippen LogP contribution < -0.4 is 14.5 Å². The summed E-state index contributed by atoms with van der Waals surface area (Å²) in [6.45, 7) is 4.58. The van der Waals surface area contributed by atoms with Crippen molar-refractivity contribution in [2.45, 2.75) is 12.5 Å². The molecule has 1 aliphatic heterocycles. The van der Waals surface area contributed by atoms with Crippen molar-refractivity contribution in [1.82, 2.24) is 24.6 Å². The first-order valence-electron chi connectivity index (χ1n) is 12.7. The van der Waals surface area contributed by atoms with Crippen LogP contribution in [-0.4, -0.2) is 63.0 Å². The molecular formula is C29H28FN7O2. The van der Waals surface area contributed by atoms with Crippen LogP contribution >= 0.6 is 0 Å². The van der Waals surface area contributed by atoms with E-state index in [-0.39, 0.29) is 5.82 Å². The van der Waals surface area contributed by atoms with Crippen molar-refractivity contribution in [3.8, 4) is 16.9 Å². The van der Waals surface area contributed by atoms with E-state index in [0.29, 0.717) is 17.1 Å². The van der Waals surface area contributed by atoms with Crippen molar-refractivity contribution < 1.29 is 14.2 Å². The third-order valence-corrected chi connectivity index (χ3v) is 7.28. The van der Waals surface area contributed by atoms with Gasteiger partial charge < -0.3 is 19.6 Å². The fourth-order valence-electron chi connectivity index (χ4n) is 4.90. The minimum atomic E-state index is -1.33. The molecule has 4 heterocycles. The van der Waals surface area contributed by atoms with Crippen molar-refractivity contribution in [2.75, 3.05) is 43.1 Å². The van der Waals surface area contributed by atoms with Crippen LogP contribution in [0.15, 0.2) is 79.5 Å². The van der Waals surface area contributed by atoms with Gasteiger partial charge >= 0.3 is 0 Å². The van der Waals surface area contributed by atoms with Gasteiger partial charge in [-0.2, -0.15) is 5.10 Å². The Morgan fingerprint density at radius 3 is 2.18 bits per heavy atom. The SMILES string of the molecule is COc1ccc(-c2cc3c(N4CCN(c5ncc(C(C)(O)c6ccc(F)cc6)cn5)CC4)ncnn3c2)cc1. The summed E-state index contributed by atoms with van der Waals surface area (Å²) < 4.78 is 20.5. The second kappa shape index (κ2) is 9.95. The lowest BCUT2D eigenvalue weighted by molar-refractivity contribution is 0.101. The number of anilines is 2. The molecule has 0 aliphatic carbocycles. The van der Waals surface area contributed by atoms with Crippen LogP contribution in [0.4, 0.5) is 16.2 Å². The molecule has 9 nitrogen and oxygen atoms in total. The average Bonchev–Trinajstić information content (AvgIpc) is 3.42. The standard InChI is InChI=1S/C29H28FN7O2/c1-29(38,22-5-7-24(30)8-6-22)23-16-31-28(32-17-23)36-13-11-35(12-14-36)27-26-15-21(18-37(26)34-19-33-27)20-3-9-25(39-2)10-4-20/h3-10,15-19,38H,11-14H2,1-2H3. The van der Waals surface area contributed by atoms with Crippen molar-refractivity contribution in [1.29, 1.82) is 0 Å². The second-order valence-corrected chi connectivity index (χ2v) is 9.70. The molecule has 0 radical (unpaired) electrons. The molecule has 1 aliphatic rings. The van der Waals surface area contributed by atoms with E-state index >= 15 is 0 Å². The van der Waals surface area contributed by atoms with Gasteiger partial charge in [0, 0.05) is 55.9 Å². The molecule has 0 bridgehead atoms. The first-order valence-corrected chi connectivity index (χ1v) is 12.7. The van der Waals surface area contributed by atoms with Gasteiger partial charge in [-0.1, -0.05) is 24.3 Å². The largest absolute Gasteiger partial charge is 0.497 e. The minimum absolute atomic E-state index is 0.349. The second-order valence-electron chi connectivity index (χ2n) is 9.70. The lowest BCUT2D eigenvalue weighted by atomic mass is 9.90. The van der Waals surface area contributed by atoms with Crippen molar-refractivity contribution >= 4 is 17.3 Å². The number of aliphatic hydroxyl groups is 1. The van der Waals surface area contributed by atoms with Crippen LogP contribution in [0.5, 0.6) is 5.75 Å². The number of hydrogen-bond donors (Lipinski definition) is 1. The van der Waals surface area contributed by atoms with E-state index in [4.69, 9.17) is 4.74 Å². The summed E-state index contributed by atoms with van der Waals surface area (Å²) >= 11 is 0. The Balaban J connectivity index is 1.16. The predicted molar refractivity (Wildman–Crippen MR) is 147 cm³/mol. The molecule has 1 unspecified atom stereocenters. The number of piperazine rings is 1. The molecule has 6 rings (SSSR count). The number of aromatic nitrogens is 5. The minimum Gasteiger partial charge on any atom is -0.497 e. The van der Waals surface area contributed by atoms with Gasteiger partial charge in [0.15, 0.2) is 5.82 Å². The maximum absolute atomic E-state index is 13.3. The molecule has 2 aromatic carbocycles. The van der Waals surface area contributed by atoms with E-state index in [1.807, 2.05) is 35.0 Å². The molecule has 1 N–H and O–H groups in total. The first-order chi connectivity index (χ1) is 18.9. The molecule has 39 heavy (non-hydrogen) atoms. The van der Waals surface area contributed by atoms with Crippen LogP contribution in [0.1, 0.15) is 18.1 Å². The highest BCUT2D eigenvalue weighted by Gasteiger charge is 2.28. The molecule has 1 atom stereocenters. The molecule has 3 aromatic heterocycles. The number of nitrogens with zero attached hydrogens (tertiary/aromatic N) is 7. The Hall–Kier alpha value is -4.57. The van der Waals surface area contributed by atoms with Crippen LogP contribution in [0.2, 0.25) is 0 Å². The van der Waals surface area contributed by atoms with E-state index in [2.05, 4.69) is 35.9 Å². The van der Waals surface area contributed by atoms with E-state index in [0.717, 1.165) is 54.4 Å². The number of ether oxygens (including phenoxy) is 1. The quantitative estimate of drug-likeness (QED) is 0.357. The molecular weight excluding hydrogens is 497 g/mol. The number of hydrogen-bond acceptors (Lipinski definition) is 8. The highest BCUT2D eigenvalue weighted by molar-refractivity contribution is 5.78. The zero-order valence-corrected chi connectivity index (χ0v) is 21.7. The number of rotatable bonds is 6. The van der Waals surface area contributed by atoms with E-state index in [1.165, 1.54) is 12.1 Å². The van der Waals surface area contributed by atoms with E-state index in [1.54, 1.807) is 44.9 Å². The lowest BCUT2D eigenvalue weighted by Crippen LogP contribution is -2.47. The summed E-state index contributed by atoms with van der Waals surface area (Å²) in [5.41, 5.74) is 2.87. The Bertz CT molecular complexity index is 1580. The van der Waals surface area contributed by atoms with Crippen molar-refractivity contribution in [2.24, 2.45) is 0 Å². The summed E-state index contributed by atoms with van der Waals surface area (Å²) in [6, 6.07) is 15.9. The van der Waals surface area contributed by atoms with Gasteiger partial charge in [-0.15, -0.1) is 0 Å². The normalized spacial score (nSPS) is 15.4. The first kappa shape index (κ1) is 24.7. The predicted octanol–water partition coefficient (Wildman–Crippen LogP) is 3.92. The summed E-state index contributed by atoms with van der Waals surface area (Å²) in [7, 11) is 1.66. The van der Waals surface area contributed by atoms with Crippen molar-refractivity contribution in [3.05, 3.63) is 96.5 Å². The number of benzene rings is 2. The lowest BCUT2D eigenvalue weighted by Gasteiger charge is -2.35. The fourth-order valence-corrected chi connectivity index (χ4v) is 4.90. The Morgan fingerprint density at radius 1 is 0.846 bits per heavy atom. The van der Waals surface area contributed by atoms with Gasteiger partial charge in [-0.25, -0.2) is 23.9 Å². The van der Waals surface area contributed by atoms with Gasteiger partial charge in [0.25, 0.3) is 0 Å². The van der Waals surface area contributed by atoms with Gasteiger partial charge in [0.2, 0.25) is 5.95 Å². The highest BCUT2D eigenvalue weighted by Crippen LogP contribution is 2.30. The van der Waals surface area contributed by atoms with E-state index in [9.17, 15) is 9.50 Å². The Kier molecular flexibility index (Phi) is 6.32. The number of methoxy groups -OCH3 is 1. The molecule has 198 valence electrons. The highest BCUT2D eigenvalue weighted by atomic mass is 19.1. The van der Waals surface area contributed by atoms with Crippen LogP contribution in [0.3, 0.4) is 0 Å². The summed E-state index contributed by atoms with van der Waals surface area (Å²) in [4.78, 5) is 18.0. The Labute approximate surface area is 225 Å². The van der Waals surface area contributed by atoms with Crippen molar-refractivity contribution in [3.63, 3.8) is 0 Å². The number of halogens is 1. The zero-order chi connectivity index (χ0) is 27.0. The molecule has 10 heteroatoms. The number of fused-ring (bicyclic) bond motifs is 1. The third kappa shape index (κ3) is 4.74. The fraction of sp³-hybridized carbons (Fsp3) is 0.241. The maximum atomic E-state index is 13.3.